The summed E-state index contributed by atoms with van der Waals surface area (Å²) in [6, 6.07) is -0.931. The van der Waals surface area contributed by atoms with E-state index in [2.05, 4.69) is 43.5 Å². The molecule has 0 spiro atoms. The molecule has 2 rings (SSSR count). The van der Waals surface area contributed by atoms with Gasteiger partial charge in [-0.25, -0.2) is 0 Å². The van der Waals surface area contributed by atoms with E-state index in [0.717, 1.165) is 32.1 Å². The number of aliphatic hydroxyl groups excluding tert-OH is 8. The first kappa shape index (κ1) is 87.3. The second-order valence-corrected chi connectivity index (χ2v) is 28.2. The van der Waals surface area contributed by atoms with Gasteiger partial charge >= 0.3 is 0 Å². The van der Waals surface area contributed by atoms with Gasteiger partial charge in [-0.1, -0.05) is 339 Å². The fourth-order valence-electron chi connectivity index (χ4n) is 13.2. The van der Waals surface area contributed by atoms with Gasteiger partial charge in [0.1, 0.15) is 48.8 Å². The minimum Gasteiger partial charge on any atom is -0.394 e. The third-order valence-electron chi connectivity index (χ3n) is 19.5. The summed E-state index contributed by atoms with van der Waals surface area (Å²) < 4.78 is 22.9. The monoisotopic (exact) mass is 1320 g/mol. The topological polar surface area (TPSA) is 228 Å². The highest BCUT2D eigenvalue weighted by atomic mass is 16.7. The average molecular weight is 1320 g/mol. The number of rotatable bonds is 67. The quantitative estimate of drug-likeness (QED) is 0.0204. The van der Waals surface area contributed by atoms with Crippen molar-refractivity contribution in [3.05, 3.63) is 36.5 Å². The number of unbranched alkanes of at least 4 members (excludes halogenated alkanes) is 50. The van der Waals surface area contributed by atoms with Crippen molar-refractivity contribution < 1.29 is 64.6 Å². The summed E-state index contributed by atoms with van der Waals surface area (Å²) in [5, 5.41) is 87.6. The molecule has 548 valence electrons. The first-order chi connectivity index (χ1) is 45.6. The van der Waals surface area contributed by atoms with Crippen molar-refractivity contribution in [3.63, 3.8) is 0 Å². The number of hydrogen-bond acceptors (Lipinski definition) is 13. The van der Waals surface area contributed by atoms with Crippen molar-refractivity contribution in [1.82, 2.24) is 5.32 Å². The van der Waals surface area contributed by atoms with Crippen LogP contribution in [0.3, 0.4) is 0 Å². The molecule has 0 aliphatic carbocycles. The number of carbonyl (C=O) groups is 1. The van der Waals surface area contributed by atoms with Gasteiger partial charge in [-0.15, -0.1) is 0 Å². The van der Waals surface area contributed by atoms with E-state index in [9.17, 15) is 45.6 Å². The Morgan fingerprint density at radius 3 is 1.05 bits per heavy atom. The molecule has 1 amide bonds. The van der Waals surface area contributed by atoms with Gasteiger partial charge in [0, 0.05) is 6.42 Å². The Bertz CT molecular complexity index is 1700. The van der Waals surface area contributed by atoms with Crippen LogP contribution in [0.4, 0.5) is 0 Å². The molecule has 2 fully saturated rings. The maximum absolute atomic E-state index is 13.4. The molecule has 0 bridgehead atoms. The van der Waals surface area contributed by atoms with E-state index in [-0.39, 0.29) is 18.9 Å². The summed E-state index contributed by atoms with van der Waals surface area (Å²) in [4.78, 5) is 13.4. The Morgan fingerprint density at radius 1 is 0.376 bits per heavy atom. The number of hydrogen-bond donors (Lipinski definition) is 9. The minimum atomic E-state index is -1.79. The zero-order valence-corrected chi connectivity index (χ0v) is 60.0. The molecule has 14 nitrogen and oxygen atoms in total. The zero-order valence-electron chi connectivity index (χ0n) is 60.0. The number of nitrogens with one attached hydrogen (secondary N) is 1. The van der Waals surface area contributed by atoms with Gasteiger partial charge in [0.2, 0.25) is 5.91 Å². The van der Waals surface area contributed by atoms with E-state index in [0.29, 0.717) is 12.8 Å². The van der Waals surface area contributed by atoms with E-state index >= 15 is 0 Å². The Kier molecular flexibility index (Phi) is 59.7. The largest absolute Gasteiger partial charge is 0.394 e. The summed E-state index contributed by atoms with van der Waals surface area (Å²) in [5.41, 5.74) is 0. The molecule has 2 heterocycles. The van der Waals surface area contributed by atoms with E-state index in [1.807, 2.05) is 6.08 Å². The van der Waals surface area contributed by atoms with Gasteiger partial charge in [-0.05, 0) is 57.8 Å². The van der Waals surface area contributed by atoms with Gasteiger partial charge < -0.3 is 65.1 Å². The molecule has 14 heteroatoms. The second-order valence-electron chi connectivity index (χ2n) is 28.2. The lowest BCUT2D eigenvalue weighted by Gasteiger charge is -2.46. The highest BCUT2D eigenvalue weighted by Gasteiger charge is 2.51. The predicted molar refractivity (Wildman–Crippen MR) is 383 cm³/mol. The first-order valence-electron chi connectivity index (χ1n) is 39.7. The van der Waals surface area contributed by atoms with Gasteiger partial charge in [0.25, 0.3) is 0 Å². The Balaban J connectivity index is 1.59. The number of aliphatic hydroxyl groups is 8. The van der Waals surface area contributed by atoms with Crippen LogP contribution in [0.25, 0.3) is 0 Å². The van der Waals surface area contributed by atoms with Crippen LogP contribution >= 0.6 is 0 Å². The Hall–Kier alpha value is -1.79. The van der Waals surface area contributed by atoms with Crippen molar-refractivity contribution in [3.8, 4) is 0 Å². The number of amides is 1. The normalized spacial score (nSPS) is 22.7. The first-order valence-corrected chi connectivity index (χ1v) is 39.7. The summed E-state index contributed by atoms with van der Waals surface area (Å²) in [6.45, 7) is 2.84. The molecule has 2 saturated heterocycles. The summed E-state index contributed by atoms with van der Waals surface area (Å²) in [7, 11) is 0. The van der Waals surface area contributed by atoms with Crippen LogP contribution in [0.2, 0.25) is 0 Å². The lowest BCUT2D eigenvalue weighted by Crippen LogP contribution is -2.65. The standard InChI is InChI=1S/C79H149NO13/c1-3-5-7-9-11-13-15-17-19-21-23-25-27-28-29-30-31-32-33-34-35-36-37-38-39-40-41-43-45-47-49-51-53-55-57-59-61-63-71(84)80-67(66-90-78-76(89)74(87)77(70(65-82)92-78)93-79-75(88)73(86)72(85)69(64-81)91-79)68(83)62-60-58-56-54-52-50-48-46-44-42-26-24-22-20-18-16-14-12-10-8-6-4-2/h21,23,52,54,60,62,67-70,72-79,81-83,85-89H,3-20,22,24-51,53,55-59,61,63-66H2,1-2H3,(H,80,84)/b23-21-,54-52+,62-60+. The maximum Gasteiger partial charge on any atom is 0.220 e. The van der Waals surface area contributed by atoms with Gasteiger partial charge in [0.15, 0.2) is 12.6 Å². The highest BCUT2D eigenvalue weighted by molar-refractivity contribution is 5.76. The van der Waals surface area contributed by atoms with Crippen LogP contribution in [-0.4, -0.2) is 140 Å². The molecule has 93 heavy (non-hydrogen) atoms. The number of allylic oxidation sites excluding steroid dienone is 5. The molecule has 2 aliphatic rings. The highest BCUT2D eigenvalue weighted by Crippen LogP contribution is 2.30. The Morgan fingerprint density at radius 2 is 0.688 bits per heavy atom. The third kappa shape index (κ3) is 47.0. The van der Waals surface area contributed by atoms with Crippen molar-refractivity contribution in [1.29, 1.82) is 0 Å². The van der Waals surface area contributed by atoms with E-state index < -0.39 is 86.8 Å². The van der Waals surface area contributed by atoms with E-state index in [1.165, 1.54) is 302 Å². The predicted octanol–water partition coefficient (Wildman–Crippen LogP) is 17.6. The molecular weight excluding hydrogens is 1170 g/mol. The summed E-state index contributed by atoms with van der Waals surface area (Å²) in [6.07, 6.45) is 66.7. The number of ether oxygens (including phenoxy) is 4. The van der Waals surface area contributed by atoms with E-state index in [4.69, 9.17) is 18.9 Å². The summed E-state index contributed by atoms with van der Waals surface area (Å²) in [5.74, 6) is -0.241. The van der Waals surface area contributed by atoms with Crippen LogP contribution in [0.15, 0.2) is 36.5 Å². The maximum atomic E-state index is 13.4. The lowest BCUT2D eigenvalue weighted by molar-refractivity contribution is -0.359. The molecule has 0 saturated carbocycles. The SMILES string of the molecule is CCCCCCCCCC/C=C\CCCCCCCCCCCCCCCCCCCCCCCCCCCC(=O)NC(COC1OC(CO)C(OC2OC(CO)C(O)C(O)C2O)C(O)C1O)C(O)/C=C/CC/C=C/CCCCCCCCCCCCCCCCCC. The molecule has 0 aromatic rings. The number of carbonyl (C=O) groups excluding carboxylic acids is 1. The van der Waals surface area contributed by atoms with Crippen molar-refractivity contribution >= 4 is 5.91 Å². The minimum absolute atomic E-state index is 0.241. The fourth-order valence-corrected chi connectivity index (χ4v) is 13.2. The molecular formula is C79H149NO13. The molecule has 0 aromatic heterocycles. The molecule has 0 radical (unpaired) electrons. The van der Waals surface area contributed by atoms with Crippen LogP contribution < -0.4 is 5.32 Å². The van der Waals surface area contributed by atoms with Crippen molar-refractivity contribution in [2.24, 2.45) is 0 Å². The van der Waals surface area contributed by atoms with Crippen molar-refractivity contribution in [2.75, 3.05) is 19.8 Å². The summed E-state index contributed by atoms with van der Waals surface area (Å²) >= 11 is 0. The molecule has 12 unspecified atom stereocenters. The van der Waals surface area contributed by atoms with Crippen LogP contribution in [0.5, 0.6) is 0 Å². The molecule has 2 aliphatic heterocycles. The van der Waals surface area contributed by atoms with Crippen LogP contribution in [0, 0.1) is 0 Å². The van der Waals surface area contributed by atoms with Crippen LogP contribution in [0.1, 0.15) is 367 Å². The average Bonchev–Trinajstić information content (AvgIpc) is 0.852. The molecule has 0 aromatic carbocycles. The van der Waals surface area contributed by atoms with Gasteiger partial charge in [0.05, 0.1) is 32.0 Å². The van der Waals surface area contributed by atoms with Gasteiger partial charge in [-0.3, -0.25) is 4.79 Å². The van der Waals surface area contributed by atoms with Gasteiger partial charge in [-0.2, -0.15) is 0 Å². The zero-order chi connectivity index (χ0) is 67.3. The van der Waals surface area contributed by atoms with E-state index in [1.54, 1.807) is 6.08 Å². The molecule has 12 atom stereocenters. The van der Waals surface area contributed by atoms with Crippen LogP contribution in [-0.2, 0) is 23.7 Å². The third-order valence-corrected chi connectivity index (χ3v) is 19.5. The van der Waals surface area contributed by atoms with Crippen molar-refractivity contribution in [2.45, 2.75) is 441 Å². The fraction of sp³-hybridized carbons (Fsp3) is 0.911. The molecule has 9 N–H and O–H groups in total. The Labute approximate surface area is 570 Å². The lowest BCUT2D eigenvalue weighted by atomic mass is 9.97. The second kappa shape index (κ2) is 63.6. The smallest absolute Gasteiger partial charge is 0.220 e.